The van der Waals surface area contributed by atoms with Gasteiger partial charge in [0.1, 0.15) is 5.37 Å². The minimum atomic E-state index is -1.02. The quantitative estimate of drug-likeness (QED) is 0.625. The Morgan fingerprint density at radius 1 is 1.47 bits per heavy atom. The summed E-state index contributed by atoms with van der Waals surface area (Å²) in [5, 5.41) is 3.47. The average molecular weight is 305 g/mol. The van der Waals surface area contributed by atoms with Gasteiger partial charge in [0.2, 0.25) is 5.72 Å². The van der Waals surface area contributed by atoms with Gasteiger partial charge < -0.3 is 9.47 Å². The summed E-state index contributed by atoms with van der Waals surface area (Å²) in [6.07, 6.45) is 0. The maximum absolute atomic E-state index is 12.4. The fourth-order valence-electron chi connectivity index (χ4n) is 3.09. The normalized spacial score (nSPS) is 44.5. The highest BCUT2D eigenvalue weighted by atomic mass is 35.5. The predicted octanol–water partition coefficient (Wildman–Crippen LogP) is 1.09. The molecule has 3 saturated heterocycles. The summed E-state index contributed by atoms with van der Waals surface area (Å²) in [4.78, 5) is 14.1. The minimum absolute atomic E-state index is 0.0507. The molecule has 4 heterocycles. The van der Waals surface area contributed by atoms with Gasteiger partial charge >= 0.3 is 0 Å². The molecule has 19 heavy (non-hydrogen) atoms. The number of methoxy groups -OCH3 is 2. The Kier molecular flexibility index (Phi) is 2.97. The summed E-state index contributed by atoms with van der Waals surface area (Å²) in [6.45, 7) is 4.15. The van der Waals surface area contributed by atoms with Crippen molar-refractivity contribution < 1.29 is 14.3 Å². The van der Waals surface area contributed by atoms with Gasteiger partial charge in [0.15, 0.2) is 5.72 Å². The highest BCUT2D eigenvalue weighted by Gasteiger charge is 2.74. The number of amides is 1. The molecule has 4 atom stereocenters. The Labute approximate surface area is 121 Å². The largest absolute Gasteiger partial charge is 0.357 e. The lowest BCUT2D eigenvalue weighted by molar-refractivity contribution is -0.229. The molecule has 4 bridgehead atoms. The van der Waals surface area contributed by atoms with Crippen molar-refractivity contribution in [3.05, 3.63) is 11.3 Å². The third-order valence-corrected chi connectivity index (χ3v) is 6.24. The van der Waals surface area contributed by atoms with Crippen LogP contribution in [-0.2, 0) is 14.3 Å². The van der Waals surface area contributed by atoms with E-state index in [1.807, 2.05) is 6.92 Å². The van der Waals surface area contributed by atoms with Crippen molar-refractivity contribution in [2.45, 2.75) is 35.9 Å². The summed E-state index contributed by atoms with van der Waals surface area (Å²) >= 11 is 7.84. The molecule has 3 fully saturated rings. The summed E-state index contributed by atoms with van der Waals surface area (Å²) in [5.74, 6) is 0.154. The number of carbonyl (C=O) groups excluding carboxylic acids is 1. The fourth-order valence-corrected chi connectivity index (χ4v) is 4.86. The van der Waals surface area contributed by atoms with E-state index in [1.165, 1.54) is 7.11 Å². The van der Waals surface area contributed by atoms with Crippen molar-refractivity contribution in [2.75, 3.05) is 20.1 Å². The maximum Gasteiger partial charge on any atom is 0.278 e. The van der Waals surface area contributed by atoms with Crippen LogP contribution in [0.25, 0.3) is 0 Å². The molecular weight excluding hydrogens is 288 g/mol. The molecule has 1 amide bonds. The summed E-state index contributed by atoms with van der Waals surface area (Å²) in [6, 6.07) is 0. The van der Waals surface area contributed by atoms with E-state index in [1.54, 1.807) is 23.8 Å². The molecule has 4 rings (SSSR count). The molecule has 0 saturated carbocycles. The molecule has 0 aromatic heterocycles. The van der Waals surface area contributed by atoms with Crippen molar-refractivity contribution in [1.29, 1.82) is 0 Å². The molecule has 0 radical (unpaired) electrons. The third-order valence-electron chi connectivity index (χ3n) is 4.30. The number of ether oxygens (including phenoxy) is 2. The van der Waals surface area contributed by atoms with Crippen molar-refractivity contribution in [1.82, 2.24) is 10.2 Å². The average Bonchev–Trinajstić information content (AvgIpc) is 2.45. The van der Waals surface area contributed by atoms with Gasteiger partial charge in [0, 0.05) is 19.5 Å². The number of hydrogen-bond donors (Lipinski definition) is 1. The van der Waals surface area contributed by atoms with Gasteiger partial charge in [-0.3, -0.25) is 9.69 Å². The number of alkyl halides is 1. The first-order valence-electron chi connectivity index (χ1n) is 6.13. The monoisotopic (exact) mass is 304 g/mol. The zero-order chi connectivity index (χ0) is 14.0. The second-order valence-electron chi connectivity index (χ2n) is 5.07. The number of fused-ring (bicyclic) bond motifs is 1. The van der Waals surface area contributed by atoms with Crippen molar-refractivity contribution in [2.24, 2.45) is 0 Å². The van der Waals surface area contributed by atoms with E-state index in [2.05, 4.69) is 12.2 Å². The van der Waals surface area contributed by atoms with Crippen molar-refractivity contribution in [3.63, 3.8) is 0 Å². The van der Waals surface area contributed by atoms with E-state index < -0.39 is 11.4 Å². The number of rotatable bonds is 3. The molecule has 0 aliphatic carbocycles. The number of β-lactam (4-membered cyclic amide) rings is 1. The Bertz CT molecular complexity index is 480. The highest BCUT2D eigenvalue weighted by Crippen LogP contribution is 2.56. The van der Waals surface area contributed by atoms with Crippen LogP contribution in [0.2, 0.25) is 0 Å². The first kappa shape index (κ1) is 13.7. The smallest absolute Gasteiger partial charge is 0.278 e. The molecule has 106 valence electrons. The number of hydrogen-bond acceptors (Lipinski definition) is 5. The minimum Gasteiger partial charge on any atom is -0.357 e. The van der Waals surface area contributed by atoms with E-state index in [4.69, 9.17) is 21.1 Å². The SMILES string of the molecule is COC1(CCl)N[C@@]2(OC)C(=O)N3C1=C(C)C(C)S[C@H]32. The number of carbonyl (C=O) groups is 1. The summed E-state index contributed by atoms with van der Waals surface area (Å²) in [7, 11) is 3.13. The lowest BCUT2D eigenvalue weighted by Gasteiger charge is -2.66. The third kappa shape index (κ3) is 1.36. The van der Waals surface area contributed by atoms with Crippen LogP contribution in [0, 0.1) is 0 Å². The Morgan fingerprint density at radius 3 is 2.68 bits per heavy atom. The Balaban J connectivity index is 2.19. The zero-order valence-corrected chi connectivity index (χ0v) is 12.9. The van der Waals surface area contributed by atoms with Crippen LogP contribution < -0.4 is 5.32 Å². The molecule has 1 N–H and O–H groups in total. The van der Waals surface area contributed by atoms with E-state index in [0.29, 0.717) is 5.25 Å². The van der Waals surface area contributed by atoms with Crippen LogP contribution in [0.5, 0.6) is 0 Å². The lowest BCUT2D eigenvalue weighted by atomic mass is 9.86. The van der Waals surface area contributed by atoms with Gasteiger partial charge in [-0.15, -0.1) is 23.4 Å². The number of nitrogens with zero attached hydrogens (tertiary/aromatic N) is 1. The van der Waals surface area contributed by atoms with Gasteiger partial charge in [-0.2, -0.15) is 0 Å². The number of nitrogens with one attached hydrogen (secondary N) is 1. The first-order chi connectivity index (χ1) is 8.97. The second kappa shape index (κ2) is 4.11. The first-order valence-corrected chi connectivity index (χ1v) is 7.61. The van der Waals surface area contributed by atoms with Crippen LogP contribution >= 0.6 is 23.4 Å². The van der Waals surface area contributed by atoms with E-state index in [0.717, 1.165) is 11.3 Å². The zero-order valence-electron chi connectivity index (χ0n) is 11.3. The van der Waals surface area contributed by atoms with Crippen LogP contribution in [0.1, 0.15) is 13.8 Å². The van der Waals surface area contributed by atoms with Crippen molar-refractivity contribution >= 4 is 29.3 Å². The van der Waals surface area contributed by atoms with Crippen LogP contribution in [0.4, 0.5) is 0 Å². The van der Waals surface area contributed by atoms with Crippen molar-refractivity contribution in [3.8, 4) is 0 Å². The molecule has 5 nitrogen and oxygen atoms in total. The topological polar surface area (TPSA) is 50.8 Å². The summed E-state index contributed by atoms with van der Waals surface area (Å²) in [5.41, 5.74) is 0.0918. The van der Waals surface area contributed by atoms with Gasteiger partial charge in [-0.25, -0.2) is 5.32 Å². The molecule has 0 aromatic rings. The Morgan fingerprint density at radius 2 is 2.16 bits per heavy atom. The lowest BCUT2D eigenvalue weighted by Crippen LogP contribution is -2.90. The van der Waals surface area contributed by atoms with E-state index >= 15 is 0 Å². The fraction of sp³-hybridized carbons (Fsp3) is 0.750. The molecule has 0 spiro atoms. The standard InChI is InChI=1S/C12H17ClN2O3S/c1-6-7(2)19-10-12(18-4)9(16)15(10)8(6)11(5-13,14-12)17-3/h7,10,14H,5H2,1-4H3/t7?,10-,11?,12+/m0/s1. The van der Waals surface area contributed by atoms with Gasteiger partial charge in [0.05, 0.1) is 11.6 Å². The van der Waals surface area contributed by atoms with E-state index in [-0.39, 0.29) is 17.2 Å². The maximum atomic E-state index is 12.4. The number of piperazine rings is 2. The molecular formula is C12H17ClN2O3S. The molecule has 7 heteroatoms. The second-order valence-corrected chi connectivity index (χ2v) is 6.76. The van der Waals surface area contributed by atoms with Crippen LogP contribution in [0.15, 0.2) is 11.3 Å². The van der Waals surface area contributed by atoms with E-state index in [9.17, 15) is 4.79 Å². The predicted molar refractivity (Wildman–Crippen MR) is 73.7 cm³/mol. The number of thioether (sulfide) groups is 1. The highest BCUT2D eigenvalue weighted by molar-refractivity contribution is 8.00. The van der Waals surface area contributed by atoms with Gasteiger partial charge in [-0.05, 0) is 19.4 Å². The van der Waals surface area contributed by atoms with Gasteiger partial charge in [0.25, 0.3) is 5.91 Å². The summed E-state index contributed by atoms with van der Waals surface area (Å²) < 4.78 is 11.1. The molecule has 4 aliphatic rings. The molecule has 2 unspecified atom stereocenters. The molecule has 0 aromatic carbocycles. The van der Waals surface area contributed by atoms with Crippen LogP contribution in [0.3, 0.4) is 0 Å². The van der Waals surface area contributed by atoms with Gasteiger partial charge in [-0.1, -0.05) is 0 Å². The van der Waals surface area contributed by atoms with Crippen LogP contribution in [-0.4, -0.2) is 53.0 Å². The molecule has 4 aliphatic heterocycles. The Hall–Kier alpha value is -0.270. The number of halogens is 1.